The zero-order chi connectivity index (χ0) is 9.68. The highest BCUT2D eigenvalue weighted by molar-refractivity contribution is 5.77. The molecule has 1 saturated heterocycles. The molecule has 0 aromatic rings. The molecule has 1 aliphatic rings. The van der Waals surface area contributed by atoms with Crippen molar-refractivity contribution in [2.75, 3.05) is 19.7 Å². The van der Waals surface area contributed by atoms with Crippen LogP contribution in [0.4, 0.5) is 0 Å². The third-order valence-electron chi connectivity index (χ3n) is 2.48. The molecule has 1 aliphatic heterocycles. The van der Waals surface area contributed by atoms with Crippen LogP contribution in [0.15, 0.2) is 0 Å². The fourth-order valence-corrected chi connectivity index (χ4v) is 1.62. The van der Waals surface area contributed by atoms with Gasteiger partial charge in [-0.25, -0.2) is 0 Å². The summed E-state index contributed by atoms with van der Waals surface area (Å²) in [6.45, 7) is 0.973. The van der Waals surface area contributed by atoms with Crippen molar-refractivity contribution in [3.8, 4) is 6.07 Å². The molecule has 1 rings (SSSR count). The Balaban J connectivity index is 2.31. The lowest BCUT2D eigenvalue weighted by Crippen LogP contribution is -2.39. The number of amides is 1. The van der Waals surface area contributed by atoms with Gasteiger partial charge >= 0.3 is 0 Å². The molecule has 0 unspecified atom stereocenters. The van der Waals surface area contributed by atoms with E-state index in [-0.39, 0.29) is 5.91 Å². The van der Waals surface area contributed by atoms with E-state index in [1.54, 1.807) is 4.90 Å². The first-order valence-electron chi connectivity index (χ1n) is 4.53. The second-order valence-corrected chi connectivity index (χ2v) is 3.34. The van der Waals surface area contributed by atoms with Gasteiger partial charge in [0.1, 0.15) is 6.61 Å². The number of piperidine rings is 1. The zero-order valence-corrected chi connectivity index (χ0v) is 7.57. The van der Waals surface area contributed by atoms with Gasteiger partial charge in [0.25, 0.3) is 0 Å². The summed E-state index contributed by atoms with van der Waals surface area (Å²) in [5.74, 6) is 0.239. The van der Waals surface area contributed by atoms with Crippen molar-refractivity contribution in [1.29, 1.82) is 5.26 Å². The van der Waals surface area contributed by atoms with Gasteiger partial charge in [-0.1, -0.05) is 0 Å². The van der Waals surface area contributed by atoms with E-state index in [0.717, 1.165) is 12.8 Å². The lowest BCUT2D eigenvalue weighted by molar-refractivity contribution is -0.135. The Morgan fingerprint density at radius 1 is 1.54 bits per heavy atom. The summed E-state index contributed by atoms with van der Waals surface area (Å²) in [5.41, 5.74) is 0. The minimum Gasteiger partial charge on any atom is -0.387 e. The van der Waals surface area contributed by atoms with E-state index in [0.29, 0.717) is 25.4 Å². The number of rotatable bonds is 2. The van der Waals surface area contributed by atoms with Crippen LogP contribution in [-0.2, 0) is 4.79 Å². The van der Waals surface area contributed by atoms with Crippen LogP contribution >= 0.6 is 0 Å². The standard InChI is InChI=1S/C9H14N2O2/c10-4-1-8-2-5-11(6-3-8)9(13)7-12/h8,12H,1-3,5-7H2. The Kier molecular flexibility index (Phi) is 3.71. The maximum Gasteiger partial charge on any atom is 0.248 e. The van der Waals surface area contributed by atoms with Crippen LogP contribution in [0.2, 0.25) is 0 Å². The summed E-state index contributed by atoms with van der Waals surface area (Å²) in [7, 11) is 0. The minimum atomic E-state index is -0.400. The maximum absolute atomic E-state index is 11.0. The van der Waals surface area contributed by atoms with E-state index in [4.69, 9.17) is 10.4 Å². The van der Waals surface area contributed by atoms with Crippen molar-refractivity contribution < 1.29 is 9.90 Å². The van der Waals surface area contributed by atoms with Gasteiger partial charge in [0, 0.05) is 19.5 Å². The molecule has 1 fully saturated rings. The molecule has 1 N–H and O–H groups in total. The number of likely N-dealkylation sites (tertiary alicyclic amines) is 1. The molecule has 0 aromatic carbocycles. The Hall–Kier alpha value is -1.08. The van der Waals surface area contributed by atoms with Crippen LogP contribution in [0.1, 0.15) is 19.3 Å². The predicted octanol–water partition coefficient (Wildman–Crippen LogP) is 0.131. The lowest BCUT2D eigenvalue weighted by atomic mass is 9.94. The Labute approximate surface area is 77.8 Å². The molecule has 4 heteroatoms. The molecule has 0 aliphatic carbocycles. The summed E-state index contributed by atoms with van der Waals surface area (Å²) in [4.78, 5) is 12.7. The monoisotopic (exact) mass is 182 g/mol. The fourth-order valence-electron chi connectivity index (χ4n) is 1.62. The highest BCUT2D eigenvalue weighted by Crippen LogP contribution is 2.19. The van der Waals surface area contributed by atoms with E-state index in [9.17, 15) is 4.79 Å². The van der Waals surface area contributed by atoms with Crippen molar-refractivity contribution in [2.24, 2.45) is 5.92 Å². The molecule has 0 atom stereocenters. The van der Waals surface area contributed by atoms with Crippen molar-refractivity contribution in [3.63, 3.8) is 0 Å². The van der Waals surface area contributed by atoms with Gasteiger partial charge in [-0.3, -0.25) is 4.79 Å². The molecule has 72 valence electrons. The predicted molar refractivity (Wildman–Crippen MR) is 46.6 cm³/mol. The summed E-state index contributed by atoms with van der Waals surface area (Å²) in [6.07, 6.45) is 2.36. The van der Waals surface area contributed by atoms with Gasteiger partial charge in [0.2, 0.25) is 5.91 Å². The summed E-state index contributed by atoms with van der Waals surface area (Å²) >= 11 is 0. The number of nitrogens with zero attached hydrogens (tertiary/aromatic N) is 2. The largest absolute Gasteiger partial charge is 0.387 e. The quantitative estimate of drug-likeness (QED) is 0.660. The van der Waals surface area contributed by atoms with Crippen LogP contribution in [-0.4, -0.2) is 35.6 Å². The minimum absolute atomic E-state index is 0.199. The molecule has 4 nitrogen and oxygen atoms in total. The molecule has 0 aromatic heterocycles. The van der Waals surface area contributed by atoms with Crippen LogP contribution < -0.4 is 0 Å². The first-order chi connectivity index (χ1) is 6.27. The molecule has 0 radical (unpaired) electrons. The van der Waals surface area contributed by atoms with Gasteiger partial charge < -0.3 is 10.0 Å². The molecular weight excluding hydrogens is 168 g/mol. The average Bonchev–Trinajstić information content (AvgIpc) is 2.18. The first kappa shape index (κ1) is 10.0. The Morgan fingerprint density at radius 2 is 2.15 bits per heavy atom. The molecule has 1 amide bonds. The van der Waals surface area contributed by atoms with Crippen LogP contribution in [0.25, 0.3) is 0 Å². The SMILES string of the molecule is N#CCC1CCN(C(=O)CO)CC1. The number of hydrogen-bond acceptors (Lipinski definition) is 3. The maximum atomic E-state index is 11.0. The van der Waals surface area contributed by atoms with Gasteiger partial charge in [-0.15, -0.1) is 0 Å². The number of hydrogen-bond donors (Lipinski definition) is 1. The number of aliphatic hydroxyl groups excluding tert-OH is 1. The zero-order valence-electron chi connectivity index (χ0n) is 7.57. The number of nitriles is 1. The van der Waals surface area contributed by atoms with Gasteiger partial charge in [0.15, 0.2) is 0 Å². The van der Waals surface area contributed by atoms with Crippen molar-refractivity contribution in [3.05, 3.63) is 0 Å². The van der Waals surface area contributed by atoms with E-state index >= 15 is 0 Å². The lowest BCUT2D eigenvalue weighted by Gasteiger charge is -2.30. The second kappa shape index (κ2) is 4.83. The van der Waals surface area contributed by atoms with Crippen LogP contribution in [0.5, 0.6) is 0 Å². The molecule has 1 heterocycles. The van der Waals surface area contributed by atoms with E-state index in [2.05, 4.69) is 6.07 Å². The van der Waals surface area contributed by atoms with Crippen LogP contribution in [0.3, 0.4) is 0 Å². The van der Waals surface area contributed by atoms with Gasteiger partial charge in [0.05, 0.1) is 6.07 Å². The second-order valence-electron chi connectivity index (χ2n) is 3.34. The molecular formula is C9H14N2O2. The number of aliphatic hydroxyl groups is 1. The van der Waals surface area contributed by atoms with E-state index < -0.39 is 6.61 Å². The third-order valence-corrected chi connectivity index (χ3v) is 2.48. The Morgan fingerprint density at radius 3 is 2.62 bits per heavy atom. The normalized spacial score (nSPS) is 18.3. The summed E-state index contributed by atoms with van der Waals surface area (Å²) in [6, 6.07) is 2.14. The summed E-state index contributed by atoms with van der Waals surface area (Å²) < 4.78 is 0. The highest BCUT2D eigenvalue weighted by Gasteiger charge is 2.21. The number of carbonyl (C=O) groups excluding carboxylic acids is 1. The van der Waals surface area contributed by atoms with Crippen molar-refractivity contribution >= 4 is 5.91 Å². The molecule has 13 heavy (non-hydrogen) atoms. The highest BCUT2D eigenvalue weighted by atomic mass is 16.3. The molecule has 0 bridgehead atoms. The van der Waals surface area contributed by atoms with Crippen LogP contribution in [0, 0.1) is 17.2 Å². The number of carbonyl (C=O) groups is 1. The van der Waals surface area contributed by atoms with Gasteiger partial charge in [-0.2, -0.15) is 5.26 Å². The average molecular weight is 182 g/mol. The van der Waals surface area contributed by atoms with Gasteiger partial charge in [-0.05, 0) is 18.8 Å². The Bertz CT molecular complexity index is 214. The fraction of sp³-hybridized carbons (Fsp3) is 0.778. The van der Waals surface area contributed by atoms with E-state index in [1.165, 1.54) is 0 Å². The topological polar surface area (TPSA) is 64.3 Å². The summed E-state index contributed by atoms with van der Waals surface area (Å²) in [5, 5.41) is 17.1. The van der Waals surface area contributed by atoms with Crippen molar-refractivity contribution in [1.82, 2.24) is 4.90 Å². The van der Waals surface area contributed by atoms with E-state index in [1.807, 2.05) is 0 Å². The third kappa shape index (κ3) is 2.71. The van der Waals surface area contributed by atoms with Crippen molar-refractivity contribution in [2.45, 2.75) is 19.3 Å². The first-order valence-corrected chi connectivity index (χ1v) is 4.53. The molecule has 0 spiro atoms. The molecule has 0 saturated carbocycles. The smallest absolute Gasteiger partial charge is 0.248 e.